The highest BCUT2D eigenvalue weighted by molar-refractivity contribution is 9.10. The van der Waals surface area contributed by atoms with Gasteiger partial charge >= 0.3 is 0 Å². The minimum atomic E-state index is 0.658. The summed E-state index contributed by atoms with van der Waals surface area (Å²) >= 11 is 4.87. The molecule has 0 amide bonds. The Kier molecular flexibility index (Phi) is 1.98. The average Bonchev–Trinajstić information content (AvgIpc) is 2.53. The van der Waals surface area contributed by atoms with Gasteiger partial charge < -0.3 is 5.73 Å². The summed E-state index contributed by atoms with van der Waals surface area (Å²) in [5, 5.41) is 11.8. The van der Waals surface area contributed by atoms with E-state index in [0.717, 1.165) is 20.2 Å². The lowest BCUT2D eigenvalue weighted by Crippen LogP contribution is -1.87. The largest absolute Gasteiger partial charge is 0.398 e. The molecule has 1 aromatic carbocycles. The number of thiophene rings is 1. The van der Waals surface area contributed by atoms with Gasteiger partial charge in [0.1, 0.15) is 6.07 Å². The second-order valence-corrected chi connectivity index (χ2v) is 4.37. The number of hydrogen-bond acceptors (Lipinski definition) is 3. The van der Waals surface area contributed by atoms with Gasteiger partial charge in [-0.1, -0.05) is 0 Å². The predicted octanol–water partition coefficient (Wildman–Crippen LogP) is 3.12. The van der Waals surface area contributed by atoms with E-state index in [9.17, 15) is 0 Å². The zero-order valence-corrected chi connectivity index (χ0v) is 8.95. The Morgan fingerprint density at radius 2 is 2.31 bits per heavy atom. The molecule has 0 saturated carbocycles. The molecule has 0 aliphatic carbocycles. The summed E-state index contributed by atoms with van der Waals surface area (Å²) < 4.78 is 1.75. The lowest BCUT2D eigenvalue weighted by molar-refractivity contribution is 1.49. The standard InChI is InChI=1S/C9H5BrN2S/c10-7-3-8(12)9-5(1-2-13-9)6(7)4-11/h1-3H,12H2. The molecular weight excluding hydrogens is 248 g/mol. The number of nitriles is 1. The van der Waals surface area contributed by atoms with Crippen molar-refractivity contribution in [1.82, 2.24) is 0 Å². The van der Waals surface area contributed by atoms with Crippen LogP contribution in [0.15, 0.2) is 22.0 Å². The van der Waals surface area contributed by atoms with Crippen molar-refractivity contribution in [1.29, 1.82) is 5.26 Å². The summed E-state index contributed by atoms with van der Waals surface area (Å²) in [6.45, 7) is 0. The van der Waals surface area contributed by atoms with Gasteiger partial charge in [-0.2, -0.15) is 5.26 Å². The Hall–Kier alpha value is -1.05. The first-order chi connectivity index (χ1) is 6.24. The highest BCUT2D eigenvalue weighted by Gasteiger charge is 2.08. The molecule has 1 aromatic heterocycles. The fourth-order valence-corrected chi connectivity index (χ4v) is 2.63. The average molecular weight is 253 g/mol. The van der Waals surface area contributed by atoms with Crippen LogP contribution in [0.2, 0.25) is 0 Å². The molecule has 13 heavy (non-hydrogen) atoms. The number of rotatable bonds is 0. The van der Waals surface area contributed by atoms with E-state index in [1.165, 1.54) is 0 Å². The summed E-state index contributed by atoms with van der Waals surface area (Å²) in [6.07, 6.45) is 0. The molecule has 0 aliphatic heterocycles. The zero-order chi connectivity index (χ0) is 9.42. The normalized spacial score (nSPS) is 10.2. The van der Waals surface area contributed by atoms with Crippen LogP contribution in [0.5, 0.6) is 0 Å². The van der Waals surface area contributed by atoms with E-state index < -0.39 is 0 Å². The van der Waals surface area contributed by atoms with Crippen LogP contribution < -0.4 is 5.73 Å². The summed E-state index contributed by atoms with van der Waals surface area (Å²) in [4.78, 5) is 0. The molecule has 0 aliphatic rings. The summed E-state index contributed by atoms with van der Waals surface area (Å²) in [5.41, 5.74) is 7.17. The van der Waals surface area contributed by atoms with Crippen molar-refractivity contribution in [3.05, 3.63) is 27.5 Å². The number of anilines is 1. The Balaban J connectivity index is 2.99. The van der Waals surface area contributed by atoms with Gasteiger partial charge in [0.25, 0.3) is 0 Å². The van der Waals surface area contributed by atoms with Crippen molar-refractivity contribution >= 4 is 43.0 Å². The van der Waals surface area contributed by atoms with Crippen LogP contribution in [0.25, 0.3) is 10.1 Å². The minimum absolute atomic E-state index is 0.658. The van der Waals surface area contributed by atoms with Crippen LogP contribution in [-0.2, 0) is 0 Å². The van der Waals surface area contributed by atoms with Gasteiger partial charge in [0.15, 0.2) is 0 Å². The smallest absolute Gasteiger partial charge is 0.101 e. The van der Waals surface area contributed by atoms with E-state index in [4.69, 9.17) is 11.0 Å². The van der Waals surface area contributed by atoms with Gasteiger partial charge in [-0.25, -0.2) is 0 Å². The second kappa shape index (κ2) is 3.02. The fraction of sp³-hybridized carbons (Fsp3) is 0. The summed E-state index contributed by atoms with van der Waals surface area (Å²) in [7, 11) is 0. The maximum atomic E-state index is 8.91. The molecule has 0 spiro atoms. The molecule has 4 heteroatoms. The molecule has 2 N–H and O–H groups in total. The molecule has 0 unspecified atom stereocenters. The summed E-state index contributed by atoms with van der Waals surface area (Å²) in [6, 6.07) is 5.85. The molecule has 64 valence electrons. The highest BCUT2D eigenvalue weighted by Crippen LogP contribution is 2.34. The van der Waals surface area contributed by atoms with Gasteiger partial charge in [-0.05, 0) is 33.4 Å². The van der Waals surface area contributed by atoms with Crippen LogP contribution >= 0.6 is 27.3 Å². The van der Waals surface area contributed by atoms with Crippen molar-refractivity contribution in [2.45, 2.75) is 0 Å². The molecule has 0 atom stereocenters. The number of nitrogens with two attached hydrogens (primary N) is 1. The number of benzene rings is 1. The predicted molar refractivity (Wildman–Crippen MR) is 58.7 cm³/mol. The van der Waals surface area contributed by atoms with Crippen LogP contribution in [-0.4, -0.2) is 0 Å². The highest BCUT2D eigenvalue weighted by atomic mass is 79.9. The number of hydrogen-bond donors (Lipinski definition) is 1. The molecule has 0 fully saturated rings. The van der Waals surface area contributed by atoms with E-state index >= 15 is 0 Å². The Morgan fingerprint density at radius 3 is 3.00 bits per heavy atom. The van der Waals surface area contributed by atoms with E-state index in [1.54, 1.807) is 17.4 Å². The van der Waals surface area contributed by atoms with Crippen molar-refractivity contribution < 1.29 is 0 Å². The van der Waals surface area contributed by atoms with E-state index in [1.807, 2.05) is 11.4 Å². The monoisotopic (exact) mass is 252 g/mol. The van der Waals surface area contributed by atoms with Gasteiger partial charge in [0, 0.05) is 9.86 Å². The maximum Gasteiger partial charge on any atom is 0.101 e. The van der Waals surface area contributed by atoms with Gasteiger partial charge in [-0.3, -0.25) is 0 Å². The van der Waals surface area contributed by atoms with Crippen molar-refractivity contribution in [3.8, 4) is 6.07 Å². The van der Waals surface area contributed by atoms with Crippen LogP contribution in [0.4, 0.5) is 5.69 Å². The van der Waals surface area contributed by atoms with Crippen LogP contribution in [0.1, 0.15) is 5.56 Å². The quantitative estimate of drug-likeness (QED) is 0.733. The molecule has 0 saturated heterocycles. The van der Waals surface area contributed by atoms with E-state index in [2.05, 4.69) is 22.0 Å². The summed E-state index contributed by atoms with van der Waals surface area (Å²) in [5.74, 6) is 0. The van der Waals surface area contributed by atoms with Gasteiger partial charge in [0.05, 0.1) is 16.0 Å². The first-order valence-corrected chi connectivity index (χ1v) is 5.26. The van der Waals surface area contributed by atoms with E-state index in [0.29, 0.717) is 5.56 Å². The third kappa shape index (κ3) is 1.21. The maximum absolute atomic E-state index is 8.91. The van der Waals surface area contributed by atoms with E-state index in [-0.39, 0.29) is 0 Å². The molecule has 2 nitrogen and oxygen atoms in total. The molecule has 0 bridgehead atoms. The Labute approximate surface area is 87.7 Å². The SMILES string of the molecule is N#Cc1c(Br)cc(N)c2sccc12. The number of nitrogen functional groups attached to an aromatic ring is 1. The second-order valence-electron chi connectivity index (χ2n) is 2.60. The number of halogens is 1. The molecule has 2 aromatic rings. The minimum Gasteiger partial charge on any atom is -0.398 e. The van der Waals surface area contributed by atoms with Crippen molar-refractivity contribution in [2.75, 3.05) is 5.73 Å². The van der Waals surface area contributed by atoms with Crippen LogP contribution in [0, 0.1) is 11.3 Å². The third-order valence-corrected chi connectivity index (χ3v) is 3.42. The fourth-order valence-electron chi connectivity index (χ4n) is 1.25. The Bertz CT molecular complexity index is 510. The zero-order valence-electron chi connectivity index (χ0n) is 6.54. The third-order valence-electron chi connectivity index (χ3n) is 1.83. The molecular formula is C9H5BrN2S. The van der Waals surface area contributed by atoms with Gasteiger partial charge in [0.2, 0.25) is 0 Å². The molecule has 0 radical (unpaired) electrons. The first-order valence-electron chi connectivity index (χ1n) is 3.59. The van der Waals surface area contributed by atoms with Crippen molar-refractivity contribution in [2.24, 2.45) is 0 Å². The van der Waals surface area contributed by atoms with Crippen molar-refractivity contribution in [3.63, 3.8) is 0 Å². The molecule has 1 heterocycles. The topological polar surface area (TPSA) is 49.8 Å². The number of fused-ring (bicyclic) bond motifs is 1. The molecule has 2 rings (SSSR count). The van der Waals surface area contributed by atoms with Gasteiger partial charge in [-0.15, -0.1) is 11.3 Å². The Morgan fingerprint density at radius 1 is 1.54 bits per heavy atom. The van der Waals surface area contributed by atoms with Crippen LogP contribution in [0.3, 0.4) is 0 Å². The lowest BCUT2D eigenvalue weighted by Gasteiger charge is -2.00. The first kappa shape index (κ1) is 8.54. The number of nitrogens with zero attached hydrogens (tertiary/aromatic N) is 1. The lowest BCUT2D eigenvalue weighted by atomic mass is 10.1.